The van der Waals surface area contributed by atoms with Crippen molar-refractivity contribution >= 4 is 10.8 Å². The molecule has 0 radical (unpaired) electrons. The van der Waals surface area contributed by atoms with Crippen molar-refractivity contribution in [3.05, 3.63) is 52.8 Å². The highest BCUT2D eigenvalue weighted by molar-refractivity contribution is 7.84. The largest absolute Gasteiger partial charge is 0.457 e. The number of alkyl halides is 1. The number of hydrogen-bond donors (Lipinski definition) is 2. The summed E-state index contributed by atoms with van der Waals surface area (Å²) >= 11 is 0. The summed E-state index contributed by atoms with van der Waals surface area (Å²) in [5.74, 6) is -0.723. The molecule has 1 aliphatic rings. The zero-order valence-electron chi connectivity index (χ0n) is 12.9. The van der Waals surface area contributed by atoms with Gasteiger partial charge in [-0.2, -0.15) is 5.26 Å². The average Bonchev–Trinajstić information content (AvgIpc) is 2.79. The van der Waals surface area contributed by atoms with Crippen molar-refractivity contribution in [1.82, 2.24) is 0 Å². The normalized spacial score (nSPS) is 23.0. The van der Waals surface area contributed by atoms with Gasteiger partial charge in [-0.1, -0.05) is 0 Å². The molecule has 2 aromatic carbocycles. The van der Waals surface area contributed by atoms with Crippen LogP contribution in [-0.4, -0.2) is 26.8 Å². The van der Waals surface area contributed by atoms with Crippen LogP contribution < -0.4 is 4.74 Å². The Kier molecular flexibility index (Phi) is 4.56. The Morgan fingerprint density at radius 1 is 1.20 bits per heavy atom. The van der Waals surface area contributed by atoms with Crippen molar-refractivity contribution in [3.63, 3.8) is 0 Å². The highest BCUT2D eigenvalue weighted by Crippen LogP contribution is 2.48. The maximum atomic E-state index is 14.1. The van der Waals surface area contributed by atoms with Crippen LogP contribution in [0.2, 0.25) is 0 Å². The second-order valence-electron chi connectivity index (χ2n) is 5.57. The average molecular weight is 365 g/mol. The van der Waals surface area contributed by atoms with Crippen molar-refractivity contribution in [2.75, 3.05) is 6.26 Å². The molecule has 2 aromatic rings. The third kappa shape index (κ3) is 3.02. The smallest absolute Gasteiger partial charge is 0.160 e. The van der Waals surface area contributed by atoms with Gasteiger partial charge in [-0.05, 0) is 24.3 Å². The fourth-order valence-corrected chi connectivity index (χ4v) is 3.65. The highest BCUT2D eigenvalue weighted by atomic mass is 32.2. The first-order valence-corrected chi connectivity index (χ1v) is 8.78. The molecule has 0 aliphatic heterocycles. The van der Waals surface area contributed by atoms with E-state index in [-0.39, 0.29) is 33.1 Å². The number of benzene rings is 2. The summed E-state index contributed by atoms with van der Waals surface area (Å²) < 4.78 is 45.0. The second kappa shape index (κ2) is 6.52. The molecule has 0 bridgehead atoms. The molecule has 130 valence electrons. The molecule has 0 heterocycles. The molecule has 1 unspecified atom stereocenters. The third-order valence-corrected chi connectivity index (χ3v) is 4.92. The van der Waals surface area contributed by atoms with Crippen LogP contribution in [0.1, 0.15) is 28.9 Å². The van der Waals surface area contributed by atoms with Gasteiger partial charge in [0.05, 0.1) is 22.4 Å². The molecule has 0 spiro atoms. The maximum Gasteiger partial charge on any atom is 0.160 e. The summed E-state index contributed by atoms with van der Waals surface area (Å²) in [5.41, 5.74) is 0.00703. The first-order chi connectivity index (χ1) is 11.8. The number of ether oxygens (including phenoxy) is 1. The standard InChI is InChI=1S/C17H13F2NO4S/c1-25(23)12-3-2-11(13-14(12)17(22)15(19)16(13)21)24-10-5-8(7-20)4-9(18)6-10/h2-6,15-17,21-22H,1H3/t15-,16+,17+,25?/m1/s1. The molecule has 0 amide bonds. The molecular formula is C17H13F2NO4S. The molecule has 0 aromatic heterocycles. The van der Waals surface area contributed by atoms with Gasteiger partial charge in [0, 0.05) is 28.3 Å². The summed E-state index contributed by atoms with van der Waals surface area (Å²) in [6.45, 7) is 0. The quantitative estimate of drug-likeness (QED) is 0.873. The zero-order valence-corrected chi connectivity index (χ0v) is 13.8. The van der Waals surface area contributed by atoms with E-state index in [0.29, 0.717) is 0 Å². The SMILES string of the molecule is CS(=O)c1ccc(Oc2cc(F)cc(C#N)c2)c2c1[C@H](O)[C@H](F)[C@H]2O. The van der Waals surface area contributed by atoms with E-state index in [1.54, 1.807) is 6.07 Å². The minimum Gasteiger partial charge on any atom is -0.457 e. The lowest BCUT2D eigenvalue weighted by molar-refractivity contribution is 0.00839. The number of nitrogens with zero attached hydrogens (tertiary/aromatic N) is 1. The number of rotatable bonds is 3. The van der Waals surface area contributed by atoms with E-state index < -0.39 is 35.0 Å². The lowest BCUT2D eigenvalue weighted by Crippen LogP contribution is -2.12. The van der Waals surface area contributed by atoms with Gasteiger partial charge in [0.25, 0.3) is 0 Å². The molecule has 0 fully saturated rings. The second-order valence-corrected chi connectivity index (χ2v) is 6.91. The minimum absolute atomic E-state index is 0.00890. The van der Waals surface area contributed by atoms with Gasteiger partial charge in [-0.3, -0.25) is 4.21 Å². The minimum atomic E-state index is -2.00. The Morgan fingerprint density at radius 3 is 2.52 bits per heavy atom. The summed E-state index contributed by atoms with van der Waals surface area (Å²) in [4.78, 5) is 0.186. The monoisotopic (exact) mass is 365 g/mol. The van der Waals surface area contributed by atoms with Crippen LogP contribution in [0.15, 0.2) is 35.2 Å². The highest BCUT2D eigenvalue weighted by Gasteiger charge is 2.43. The van der Waals surface area contributed by atoms with E-state index in [2.05, 4.69) is 0 Å². The molecule has 0 saturated carbocycles. The molecule has 0 saturated heterocycles. The molecule has 25 heavy (non-hydrogen) atoms. The van der Waals surface area contributed by atoms with Gasteiger partial charge in [-0.25, -0.2) is 8.78 Å². The van der Waals surface area contributed by atoms with E-state index in [1.807, 2.05) is 0 Å². The van der Waals surface area contributed by atoms with Crippen molar-refractivity contribution < 1.29 is 27.9 Å². The molecular weight excluding hydrogens is 352 g/mol. The Balaban J connectivity index is 2.12. The predicted octanol–water partition coefficient (Wildman–Crippen LogP) is 2.65. The molecule has 3 rings (SSSR count). The van der Waals surface area contributed by atoms with Crippen molar-refractivity contribution in [2.24, 2.45) is 0 Å². The van der Waals surface area contributed by atoms with Crippen molar-refractivity contribution in [2.45, 2.75) is 23.3 Å². The number of halogens is 2. The fourth-order valence-electron chi connectivity index (χ4n) is 2.85. The van der Waals surface area contributed by atoms with Crippen molar-refractivity contribution in [3.8, 4) is 17.6 Å². The van der Waals surface area contributed by atoms with E-state index in [1.165, 1.54) is 24.5 Å². The van der Waals surface area contributed by atoms with Crippen molar-refractivity contribution in [1.29, 1.82) is 5.26 Å². The molecule has 8 heteroatoms. The predicted molar refractivity (Wildman–Crippen MR) is 84.8 cm³/mol. The Hall–Kier alpha value is -2.34. The van der Waals surface area contributed by atoms with Crippen LogP contribution in [0.5, 0.6) is 11.5 Å². The van der Waals surface area contributed by atoms with Crippen LogP contribution in [-0.2, 0) is 10.8 Å². The number of hydrogen-bond acceptors (Lipinski definition) is 5. The van der Waals surface area contributed by atoms with Crippen LogP contribution in [0, 0.1) is 17.1 Å². The Morgan fingerprint density at radius 2 is 1.88 bits per heavy atom. The fraction of sp³-hybridized carbons (Fsp3) is 0.235. The zero-order chi connectivity index (χ0) is 18.3. The first-order valence-electron chi connectivity index (χ1n) is 7.22. The summed E-state index contributed by atoms with van der Waals surface area (Å²) in [6, 6.07) is 7.88. The van der Waals surface area contributed by atoms with Crippen LogP contribution >= 0.6 is 0 Å². The molecule has 1 aliphatic carbocycles. The topological polar surface area (TPSA) is 90.6 Å². The first kappa shape index (κ1) is 17.5. The molecule has 5 nitrogen and oxygen atoms in total. The van der Waals surface area contributed by atoms with Gasteiger partial charge in [0.15, 0.2) is 6.17 Å². The lowest BCUT2D eigenvalue weighted by atomic mass is 10.1. The Labute approximate surface area is 144 Å². The molecule has 2 N–H and O–H groups in total. The van der Waals surface area contributed by atoms with Gasteiger partial charge < -0.3 is 14.9 Å². The van der Waals surface area contributed by atoms with Crippen LogP contribution in [0.25, 0.3) is 0 Å². The summed E-state index contributed by atoms with van der Waals surface area (Å²) in [7, 11) is -1.52. The van der Waals surface area contributed by atoms with E-state index in [9.17, 15) is 23.2 Å². The van der Waals surface area contributed by atoms with E-state index in [4.69, 9.17) is 10.00 Å². The molecule has 4 atom stereocenters. The maximum absolute atomic E-state index is 14.1. The van der Waals surface area contributed by atoms with Gasteiger partial charge >= 0.3 is 0 Å². The number of aliphatic hydroxyl groups is 2. The van der Waals surface area contributed by atoms with Crippen LogP contribution in [0.3, 0.4) is 0 Å². The van der Waals surface area contributed by atoms with Gasteiger partial charge in [0.2, 0.25) is 0 Å². The lowest BCUT2D eigenvalue weighted by Gasteiger charge is -2.15. The van der Waals surface area contributed by atoms with Gasteiger partial charge in [-0.15, -0.1) is 0 Å². The number of fused-ring (bicyclic) bond motifs is 1. The van der Waals surface area contributed by atoms with E-state index in [0.717, 1.165) is 12.1 Å². The summed E-state index contributed by atoms with van der Waals surface area (Å²) in [5, 5.41) is 29.0. The summed E-state index contributed by atoms with van der Waals surface area (Å²) in [6.07, 6.45) is -3.95. The van der Waals surface area contributed by atoms with Gasteiger partial charge in [0.1, 0.15) is 29.5 Å². The Bertz CT molecular complexity index is 912. The number of aliphatic hydroxyl groups excluding tert-OH is 2. The van der Waals surface area contributed by atoms with E-state index >= 15 is 0 Å². The number of nitriles is 1. The van der Waals surface area contributed by atoms with Crippen LogP contribution in [0.4, 0.5) is 8.78 Å². The third-order valence-electron chi connectivity index (χ3n) is 3.94.